The third kappa shape index (κ3) is 5.24. The Morgan fingerprint density at radius 3 is 2.72 bits per heavy atom. The van der Waals surface area contributed by atoms with E-state index in [-0.39, 0.29) is 21.9 Å². The molecule has 2 aromatic rings. The molecule has 1 atom stereocenters. The van der Waals surface area contributed by atoms with E-state index in [1.807, 2.05) is 6.07 Å². The van der Waals surface area contributed by atoms with Crippen LogP contribution >= 0.6 is 11.6 Å². The molecule has 2 N–H and O–H groups in total. The molecule has 7 nitrogen and oxygen atoms in total. The van der Waals surface area contributed by atoms with Crippen LogP contribution in [0.5, 0.6) is 0 Å². The zero-order valence-electron chi connectivity index (χ0n) is 18.0. The topological polar surface area (TPSA) is 91.4 Å². The minimum atomic E-state index is -3.54. The molecule has 172 valence electrons. The van der Waals surface area contributed by atoms with Crippen LogP contribution < -0.4 is 10.6 Å². The van der Waals surface area contributed by atoms with Gasteiger partial charge in [-0.25, -0.2) is 8.42 Å². The van der Waals surface area contributed by atoms with Crippen molar-refractivity contribution in [1.82, 2.24) is 14.6 Å². The Morgan fingerprint density at radius 1 is 1.19 bits per heavy atom. The van der Waals surface area contributed by atoms with Gasteiger partial charge < -0.3 is 10.6 Å². The van der Waals surface area contributed by atoms with Gasteiger partial charge in [-0.2, -0.15) is 4.31 Å². The number of fused-ring (bicyclic) bond motifs is 1. The standard InChI is InChI=1S/C23H29ClN4O3S/c24-19-6-1-2-7-22(19)32(30,31)28-13-9-17(10-14-28)5-3-4-11-26-23(29)21-15-18-16-25-12-8-20(18)27-21/h1-2,6-8,12,16-17,21,27H,3-5,9-11,13-15H2,(H,26,29). The molecule has 1 amide bonds. The van der Waals surface area contributed by atoms with E-state index in [1.54, 1.807) is 41.0 Å². The molecule has 0 saturated carbocycles. The number of rotatable bonds is 8. The number of carbonyl (C=O) groups is 1. The minimum absolute atomic E-state index is 0.0271. The molecular weight excluding hydrogens is 448 g/mol. The van der Waals surface area contributed by atoms with Crippen LogP contribution in [0.3, 0.4) is 0 Å². The Balaban J connectivity index is 1.13. The molecule has 1 unspecified atom stereocenters. The average Bonchev–Trinajstić information content (AvgIpc) is 3.24. The van der Waals surface area contributed by atoms with Crippen molar-refractivity contribution in [3.8, 4) is 0 Å². The first-order valence-electron chi connectivity index (χ1n) is 11.2. The summed E-state index contributed by atoms with van der Waals surface area (Å²) in [6, 6.07) is 8.28. The SMILES string of the molecule is O=C(NCCCCC1CCN(S(=O)(=O)c2ccccc2Cl)CC1)C1Cc2cnccc2N1. The van der Waals surface area contributed by atoms with Crippen molar-refractivity contribution in [1.29, 1.82) is 0 Å². The van der Waals surface area contributed by atoms with Crippen LogP contribution in [-0.2, 0) is 21.2 Å². The van der Waals surface area contributed by atoms with Gasteiger partial charge in [0.2, 0.25) is 15.9 Å². The maximum absolute atomic E-state index is 12.9. The van der Waals surface area contributed by atoms with E-state index < -0.39 is 10.0 Å². The number of hydrogen-bond acceptors (Lipinski definition) is 5. The number of nitrogens with one attached hydrogen (secondary N) is 2. The summed E-state index contributed by atoms with van der Waals surface area (Å²) in [5.41, 5.74) is 2.07. The van der Waals surface area contributed by atoms with E-state index in [1.165, 1.54) is 0 Å². The number of pyridine rings is 1. The molecular formula is C23H29ClN4O3S. The molecule has 1 aromatic carbocycles. The molecule has 1 saturated heterocycles. The number of sulfonamides is 1. The summed E-state index contributed by atoms with van der Waals surface area (Å²) >= 11 is 6.10. The molecule has 2 aliphatic heterocycles. The zero-order valence-corrected chi connectivity index (χ0v) is 19.5. The fourth-order valence-corrected chi connectivity index (χ4v) is 6.43. The second kappa shape index (κ2) is 10.2. The predicted octanol–water partition coefficient (Wildman–Crippen LogP) is 3.46. The molecule has 1 fully saturated rings. The van der Waals surface area contributed by atoms with Gasteiger partial charge in [0.05, 0.1) is 5.02 Å². The first-order valence-corrected chi connectivity index (χ1v) is 13.0. The average molecular weight is 477 g/mol. The molecule has 3 heterocycles. The summed E-state index contributed by atoms with van der Waals surface area (Å²) in [7, 11) is -3.54. The summed E-state index contributed by atoms with van der Waals surface area (Å²) in [6.07, 6.45) is 8.90. The Bertz CT molecular complexity index is 1030. The van der Waals surface area contributed by atoms with Gasteiger partial charge in [-0.05, 0) is 48.9 Å². The van der Waals surface area contributed by atoms with Crippen molar-refractivity contribution >= 4 is 33.2 Å². The van der Waals surface area contributed by atoms with Crippen molar-refractivity contribution < 1.29 is 13.2 Å². The molecule has 2 aliphatic rings. The normalized spacial score (nSPS) is 19.3. The second-order valence-electron chi connectivity index (χ2n) is 8.50. The predicted molar refractivity (Wildman–Crippen MR) is 125 cm³/mol. The van der Waals surface area contributed by atoms with Gasteiger partial charge in [0.15, 0.2) is 0 Å². The summed E-state index contributed by atoms with van der Waals surface area (Å²) in [6.45, 7) is 1.71. The summed E-state index contributed by atoms with van der Waals surface area (Å²) in [5, 5.41) is 6.54. The maximum Gasteiger partial charge on any atom is 0.244 e. The van der Waals surface area contributed by atoms with Gasteiger partial charge in [-0.3, -0.25) is 9.78 Å². The molecule has 1 aromatic heterocycles. The van der Waals surface area contributed by atoms with E-state index in [4.69, 9.17) is 11.6 Å². The third-order valence-electron chi connectivity index (χ3n) is 6.34. The Labute approximate surface area is 194 Å². The number of unbranched alkanes of at least 4 members (excludes halogenated alkanes) is 1. The maximum atomic E-state index is 12.9. The number of benzene rings is 1. The van der Waals surface area contributed by atoms with Crippen LogP contribution in [0.1, 0.15) is 37.7 Å². The van der Waals surface area contributed by atoms with Gasteiger partial charge in [-0.1, -0.05) is 36.6 Å². The van der Waals surface area contributed by atoms with Gasteiger partial charge in [0.1, 0.15) is 10.9 Å². The smallest absolute Gasteiger partial charge is 0.244 e. The fourth-order valence-electron chi connectivity index (χ4n) is 4.47. The highest BCUT2D eigenvalue weighted by atomic mass is 35.5. The van der Waals surface area contributed by atoms with E-state index in [2.05, 4.69) is 15.6 Å². The fraction of sp³-hybridized carbons (Fsp3) is 0.478. The molecule has 32 heavy (non-hydrogen) atoms. The number of aromatic nitrogens is 1. The molecule has 9 heteroatoms. The lowest BCUT2D eigenvalue weighted by Gasteiger charge is -2.31. The Morgan fingerprint density at radius 2 is 1.97 bits per heavy atom. The highest BCUT2D eigenvalue weighted by Crippen LogP contribution is 2.29. The molecule has 0 bridgehead atoms. The highest BCUT2D eigenvalue weighted by Gasteiger charge is 2.30. The number of halogens is 1. The van der Waals surface area contributed by atoms with E-state index in [0.717, 1.165) is 43.4 Å². The van der Waals surface area contributed by atoms with Crippen LogP contribution in [0, 0.1) is 5.92 Å². The number of carbonyl (C=O) groups excluding carboxylic acids is 1. The van der Waals surface area contributed by atoms with Crippen LogP contribution in [0.15, 0.2) is 47.6 Å². The number of anilines is 1. The lowest BCUT2D eigenvalue weighted by Crippen LogP contribution is -2.39. The monoisotopic (exact) mass is 476 g/mol. The largest absolute Gasteiger partial charge is 0.373 e. The van der Waals surface area contributed by atoms with Crippen LogP contribution in [0.25, 0.3) is 0 Å². The van der Waals surface area contributed by atoms with Crippen molar-refractivity contribution in [2.45, 2.75) is 49.5 Å². The van der Waals surface area contributed by atoms with Crippen molar-refractivity contribution in [2.24, 2.45) is 5.92 Å². The summed E-state index contributed by atoms with van der Waals surface area (Å²) in [4.78, 5) is 16.7. The number of hydrogen-bond donors (Lipinski definition) is 2. The number of amides is 1. The van der Waals surface area contributed by atoms with Crippen molar-refractivity contribution in [3.63, 3.8) is 0 Å². The molecule has 4 rings (SSSR count). The van der Waals surface area contributed by atoms with Crippen LogP contribution in [0.4, 0.5) is 5.69 Å². The number of nitrogens with zero attached hydrogens (tertiary/aromatic N) is 2. The molecule has 0 radical (unpaired) electrons. The first-order chi connectivity index (χ1) is 15.4. The summed E-state index contributed by atoms with van der Waals surface area (Å²) < 4.78 is 27.3. The number of piperidine rings is 1. The van der Waals surface area contributed by atoms with Gasteiger partial charge >= 0.3 is 0 Å². The van der Waals surface area contributed by atoms with Crippen molar-refractivity contribution in [2.75, 3.05) is 25.0 Å². The Kier molecular flexibility index (Phi) is 7.33. The third-order valence-corrected chi connectivity index (χ3v) is 8.74. The Hall–Kier alpha value is -2.16. The minimum Gasteiger partial charge on any atom is -0.373 e. The lowest BCUT2D eigenvalue weighted by atomic mass is 9.92. The van der Waals surface area contributed by atoms with Crippen molar-refractivity contribution in [3.05, 3.63) is 53.3 Å². The van der Waals surface area contributed by atoms with Gasteiger partial charge in [-0.15, -0.1) is 0 Å². The van der Waals surface area contributed by atoms with Crippen LogP contribution in [-0.4, -0.2) is 49.3 Å². The van der Waals surface area contributed by atoms with Gasteiger partial charge in [0.25, 0.3) is 0 Å². The molecule has 0 aliphatic carbocycles. The second-order valence-corrected chi connectivity index (χ2v) is 10.8. The molecule has 0 spiro atoms. The first kappa shape index (κ1) is 23.0. The zero-order chi connectivity index (χ0) is 22.6. The van der Waals surface area contributed by atoms with E-state index >= 15 is 0 Å². The van der Waals surface area contributed by atoms with Gasteiger partial charge in [0, 0.05) is 44.1 Å². The quantitative estimate of drug-likeness (QED) is 0.569. The summed E-state index contributed by atoms with van der Waals surface area (Å²) in [5.74, 6) is 0.543. The van der Waals surface area contributed by atoms with E-state index in [0.29, 0.717) is 32.0 Å². The highest BCUT2D eigenvalue weighted by molar-refractivity contribution is 7.89. The van der Waals surface area contributed by atoms with Crippen LogP contribution in [0.2, 0.25) is 5.02 Å². The van der Waals surface area contributed by atoms with E-state index in [9.17, 15) is 13.2 Å². The lowest BCUT2D eigenvalue weighted by molar-refractivity contribution is -0.121.